The third-order valence-corrected chi connectivity index (χ3v) is 2.95. The molecule has 0 radical (unpaired) electrons. The second kappa shape index (κ2) is 5.22. The van der Waals surface area contributed by atoms with Gasteiger partial charge in [0.05, 0.1) is 6.61 Å². The molecule has 0 aromatic carbocycles. The largest absolute Gasteiger partial charge is 0.395 e. The molecule has 0 bridgehead atoms. The van der Waals surface area contributed by atoms with Crippen molar-refractivity contribution in [1.82, 2.24) is 9.47 Å². The number of amides is 2. The van der Waals surface area contributed by atoms with Gasteiger partial charge in [-0.05, 0) is 25.0 Å². The quantitative estimate of drug-likeness (QED) is 0.812. The number of hydrogen-bond donors (Lipinski definition) is 2. The van der Waals surface area contributed by atoms with Crippen molar-refractivity contribution in [3.8, 4) is 0 Å². The van der Waals surface area contributed by atoms with Crippen LogP contribution in [0.15, 0.2) is 23.1 Å². The molecule has 98 valence electrons. The lowest BCUT2D eigenvalue weighted by Crippen LogP contribution is -2.40. The molecule has 1 fully saturated rings. The summed E-state index contributed by atoms with van der Waals surface area (Å²) in [6.45, 7) is 0.223. The zero-order chi connectivity index (χ0) is 13.1. The molecule has 18 heavy (non-hydrogen) atoms. The maximum atomic E-state index is 12.0. The van der Waals surface area contributed by atoms with E-state index in [-0.39, 0.29) is 29.9 Å². The summed E-state index contributed by atoms with van der Waals surface area (Å²) < 4.78 is 1.41. The molecule has 1 saturated carbocycles. The molecule has 0 aliphatic heterocycles. The van der Waals surface area contributed by atoms with Crippen LogP contribution in [0.5, 0.6) is 0 Å². The van der Waals surface area contributed by atoms with Crippen molar-refractivity contribution < 1.29 is 9.90 Å². The van der Waals surface area contributed by atoms with E-state index >= 15 is 0 Å². The average Bonchev–Trinajstić information content (AvgIpc) is 3.16. The lowest BCUT2D eigenvalue weighted by molar-refractivity contribution is 0.185. The maximum Gasteiger partial charge on any atom is 0.322 e. The van der Waals surface area contributed by atoms with Crippen LogP contribution in [0.3, 0.4) is 0 Å². The van der Waals surface area contributed by atoms with Crippen molar-refractivity contribution in [3.63, 3.8) is 0 Å². The van der Waals surface area contributed by atoms with E-state index in [4.69, 9.17) is 5.11 Å². The molecule has 0 unspecified atom stereocenters. The minimum atomic E-state index is -0.324. The molecular formula is C12H17N3O3. The van der Waals surface area contributed by atoms with Crippen molar-refractivity contribution in [1.29, 1.82) is 0 Å². The van der Waals surface area contributed by atoms with Gasteiger partial charge in [-0.3, -0.25) is 4.79 Å². The van der Waals surface area contributed by atoms with Crippen LogP contribution in [0.4, 0.5) is 10.5 Å². The zero-order valence-corrected chi connectivity index (χ0v) is 10.3. The number of aromatic nitrogens is 1. The second-order valence-corrected chi connectivity index (χ2v) is 4.42. The van der Waals surface area contributed by atoms with Gasteiger partial charge >= 0.3 is 6.03 Å². The van der Waals surface area contributed by atoms with Gasteiger partial charge in [0.2, 0.25) is 0 Å². The van der Waals surface area contributed by atoms with Crippen molar-refractivity contribution in [2.45, 2.75) is 18.9 Å². The Labute approximate surface area is 105 Å². The number of nitrogens with one attached hydrogen (secondary N) is 1. The number of rotatable bonds is 4. The molecule has 0 saturated heterocycles. The number of nitrogens with zero attached hydrogens (tertiary/aromatic N) is 2. The van der Waals surface area contributed by atoms with Gasteiger partial charge in [0, 0.05) is 25.8 Å². The lowest BCUT2D eigenvalue weighted by Gasteiger charge is -2.21. The number of anilines is 1. The predicted molar refractivity (Wildman–Crippen MR) is 67.5 cm³/mol. The number of aryl methyl sites for hydroxylation is 1. The topological polar surface area (TPSA) is 74.6 Å². The fraction of sp³-hybridized carbons (Fsp3) is 0.500. The molecule has 2 N–H and O–H groups in total. The fourth-order valence-corrected chi connectivity index (χ4v) is 1.82. The molecule has 1 aromatic heterocycles. The number of urea groups is 1. The minimum Gasteiger partial charge on any atom is -0.395 e. The van der Waals surface area contributed by atoms with Crippen LogP contribution in [0.25, 0.3) is 0 Å². The molecule has 1 aliphatic rings. The standard InChI is InChI=1S/C12H17N3O3/c1-14-6-2-3-10(11(14)17)13-12(18)15(7-8-16)9-4-5-9/h2-3,6,9,16H,4-5,7-8H2,1H3,(H,13,18). The first-order valence-electron chi connectivity index (χ1n) is 5.97. The van der Waals surface area contributed by atoms with Crippen molar-refractivity contribution in [2.24, 2.45) is 7.05 Å². The van der Waals surface area contributed by atoms with Gasteiger partial charge in [0.1, 0.15) is 5.69 Å². The smallest absolute Gasteiger partial charge is 0.322 e. The van der Waals surface area contributed by atoms with Crippen LogP contribution in [0.2, 0.25) is 0 Å². The molecule has 0 atom stereocenters. The zero-order valence-electron chi connectivity index (χ0n) is 10.3. The second-order valence-electron chi connectivity index (χ2n) is 4.42. The number of pyridine rings is 1. The number of aliphatic hydroxyl groups excluding tert-OH is 1. The summed E-state index contributed by atoms with van der Waals surface area (Å²) in [5.74, 6) is 0. The summed E-state index contributed by atoms with van der Waals surface area (Å²) in [5, 5.41) is 11.5. The van der Waals surface area contributed by atoms with E-state index in [0.29, 0.717) is 6.54 Å². The van der Waals surface area contributed by atoms with Crippen molar-refractivity contribution in [3.05, 3.63) is 28.7 Å². The van der Waals surface area contributed by atoms with Gasteiger partial charge in [-0.15, -0.1) is 0 Å². The van der Waals surface area contributed by atoms with Gasteiger partial charge in [-0.1, -0.05) is 0 Å². The van der Waals surface area contributed by atoms with Gasteiger partial charge in [0.15, 0.2) is 0 Å². The molecule has 1 aromatic rings. The summed E-state index contributed by atoms with van der Waals surface area (Å²) in [6, 6.07) is 3.15. The number of aliphatic hydroxyl groups is 1. The summed E-state index contributed by atoms with van der Waals surface area (Å²) in [6.07, 6.45) is 3.55. The highest BCUT2D eigenvalue weighted by atomic mass is 16.3. The molecule has 2 rings (SSSR count). The Morgan fingerprint density at radius 2 is 2.33 bits per heavy atom. The minimum absolute atomic E-state index is 0.0727. The third-order valence-electron chi connectivity index (χ3n) is 2.95. The molecule has 6 nitrogen and oxygen atoms in total. The third kappa shape index (κ3) is 2.70. The molecule has 0 spiro atoms. The van der Waals surface area contributed by atoms with E-state index in [9.17, 15) is 9.59 Å². The van der Waals surface area contributed by atoms with Crippen LogP contribution in [0, 0.1) is 0 Å². The summed E-state index contributed by atoms with van der Waals surface area (Å²) >= 11 is 0. The SMILES string of the molecule is Cn1cccc(NC(=O)N(CCO)C2CC2)c1=O. The first-order valence-corrected chi connectivity index (χ1v) is 5.97. The Kier molecular flexibility index (Phi) is 3.66. The van der Waals surface area contributed by atoms with E-state index in [1.807, 2.05) is 0 Å². The highest BCUT2D eigenvalue weighted by Gasteiger charge is 2.32. The number of hydrogen-bond acceptors (Lipinski definition) is 3. The highest BCUT2D eigenvalue weighted by molar-refractivity contribution is 5.89. The van der Waals surface area contributed by atoms with Gasteiger partial charge in [-0.2, -0.15) is 0 Å². The summed E-state index contributed by atoms with van der Waals surface area (Å²) in [4.78, 5) is 25.3. The van der Waals surface area contributed by atoms with Crippen molar-refractivity contribution >= 4 is 11.7 Å². The van der Waals surface area contributed by atoms with Crippen LogP contribution in [-0.2, 0) is 7.05 Å². The maximum absolute atomic E-state index is 12.0. The van der Waals surface area contributed by atoms with Crippen molar-refractivity contribution in [2.75, 3.05) is 18.5 Å². The van der Waals surface area contributed by atoms with E-state index < -0.39 is 0 Å². The summed E-state index contributed by atoms with van der Waals surface area (Å²) in [5.41, 5.74) is 0.0131. The Balaban J connectivity index is 2.10. The molecule has 2 amide bonds. The first-order chi connectivity index (χ1) is 8.63. The highest BCUT2D eigenvalue weighted by Crippen LogP contribution is 2.26. The Bertz CT molecular complexity index is 494. The fourth-order valence-electron chi connectivity index (χ4n) is 1.82. The van der Waals surface area contributed by atoms with E-state index in [2.05, 4.69) is 5.32 Å². The molecular weight excluding hydrogens is 234 g/mol. The number of carbonyl (C=O) groups is 1. The van der Waals surface area contributed by atoms with Crippen LogP contribution < -0.4 is 10.9 Å². The molecule has 1 heterocycles. The van der Waals surface area contributed by atoms with Gasteiger partial charge in [0.25, 0.3) is 5.56 Å². The predicted octanol–water partition coefficient (Wildman–Crippen LogP) is 0.374. The van der Waals surface area contributed by atoms with Gasteiger partial charge < -0.3 is 19.9 Å². The van der Waals surface area contributed by atoms with Gasteiger partial charge in [-0.25, -0.2) is 4.79 Å². The molecule has 6 heteroatoms. The number of carbonyl (C=O) groups excluding carboxylic acids is 1. The monoisotopic (exact) mass is 251 g/mol. The van der Waals surface area contributed by atoms with Crippen LogP contribution in [0.1, 0.15) is 12.8 Å². The lowest BCUT2D eigenvalue weighted by atomic mass is 10.4. The Hall–Kier alpha value is -1.82. The Morgan fingerprint density at radius 1 is 1.61 bits per heavy atom. The van der Waals surface area contributed by atoms with Crippen LogP contribution >= 0.6 is 0 Å². The normalized spacial score (nSPS) is 14.3. The van der Waals surface area contributed by atoms with E-state index in [1.165, 1.54) is 4.57 Å². The van der Waals surface area contributed by atoms with E-state index in [1.54, 1.807) is 30.3 Å². The van der Waals surface area contributed by atoms with E-state index in [0.717, 1.165) is 12.8 Å². The Morgan fingerprint density at radius 3 is 2.94 bits per heavy atom. The first kappa shape index (κ1) is 12.6. The molecule has 1 aliphatic carbocycles. The average molecular weight is 251 g/mol. The summed E-state index contributed by atoms with van der Waals surface area (Å²) in [7, 11) is 1.63. The van der Waals surface area contributed by atoms with Crippen LogP contribution in [-0.4, -0.2) is 39.8 Å².